The van der Waals surface area contributed by atoms with Gasteiger partial charge < -0.3 is 19.7 Å². The Morgan fingerprint density at radius 3 is 2.69 bits per heavy atom. The molecule has 0 fully saturated rings. The van der Waals surface area contributed by atoms with Crippen LogP contribution in [0.3, 0.4) is 0 Å². The van der Waals surface area contributed by atoms with Crippen LogP contribution in [0.2, 0.25) is 10.0 Å². The van der Waals surface area contributed by atoms with Gasteiger partial charge in [-0.05, 0) is 74.5 Å². The predicted octanol–water partition coefficient (Wildman–Crippen LogP) is 4.99. The van der Waals surface area contributed by atoms with Gasteiger partial charge in [-0.3, -0.25) is 4.72 Å². The summed E-state index contributed by atoms with van der Waals surface area (Å²) in [5, 5.41) is 4.07. The molecule has 2 aromatic carbocycles. The molecule has 0 radical (unpaired) electrons. The second kappa shape index (κ2) is 11.1. The summed E-state index contributed by atoms with van der Waals surface area (Å²) in [6.07, 6.45) is 0.734. The molecule has 2 N–H and O–H groups in total. The maximum Gasteiger partial charge on any atom is 0.262 e. The van der Waals surface area contributed by atoms with Crippen molar-refractivity contribution in [2.45, 2.75) is 24.8 Å². The SMILES string of the molecule is Cc1c(Cl)cccc1S(=O)(=O)Nc1cc2c(nc1OCc1ccc(Cl)c(OCCN(C)C)c1)NCC2. The maximum atomic E-state index is 13.2. The molecule has 1 aliphatic heterocycles. The standard InChI is InChI=1S/C25H28Cl2N4O4S/c1-16-19(26)5-4-6-23(16)36(32,33)30-21-14-18-9-10-28-24(18)29-25(21)35-15-17-7-8-20(27)22(13-17)34-12-11-31(2)3/h4-8,13-14,30H,9-12,15H2,1-3H3,(H,28,29). The highest BCUT2D eigenvalue weighted by Gasteiger charge is 2.24. The van der Waals surface area contributed by atoms with Gasteiger partial charge in [0.25, 0.3) is 10.0 Å². The normalized spacial score (nSPS) is 12.8. The number of likely N-dealkylation sites (N-methyl/N-ethyl adjacent to an activating group) is 1. The predicted molar refractivity (Wildman–Crippen MR) is 143 cm³/mol. The Kier molecular flexibility index (Phi) is 8.14. The summed E-state index contributed by atoms with van der Waals surface area (Å²) in [4.78, 5) is 6.66. The molecule has 0 spiro atoms. The molecule has 0 amide bonds. The van der Waals surface area contributed by atoms with E-state index in [1.165, 1.54) is 6.07 Å². The summed E-state index contributed by atoms with van der Waals surface area (Å²) in [5.74, 6) is 1.40. The number of halogens is 2. The summed E-state index contributed by atoms with van der Waals surface area (Å²) in [6, 6.07) is 11.9. The number of nitrogens with zero attached hydrogens (tertiary/aromatic N) is 2. The van der Waals surface area contributed by atoms with Gasteiger partial charge in [0, 0.05) is 18.1 Å². The third-order valence-electron chi connectivity index (χ3n) is 5.67. The number of fused-ring (bicyclic) bond motifs is 1. The Morgan fingerprint density at radius 2 is 1.92 bits per heavy atom. The van der Waals surface area contributed by atoms with Crippen molar-refractivity contribution < 1.29 is 17.9 Å². The minimum atomic E-state index is -3.94. The zero-order valence-electron chi connectivity index (χ0n) is 20.3. The minimum absolute atomic E-state index is 0.0942. The molecule has 2 heterocycles. The molecule has 8 nitrogen and oxygen atoms in total. The van der Waals surface area contributed by atoms with Crippen molar-refractivity contribution in [1.82, 2.24) is 9.88 Å². The zero-order chi connectivity index (χ0) is 25.9. The number of pyridine rings is 1. The molecule has 1 aromatic heterocycles. The van der Waals surface area contributed by atoms with Crippen molar-refractivity contribution in [1.29, 1.82) is 0 Å². The Hall–Kier alpha value is -2.72. The van der Waals surface area contributed by atoms with Crippen molar-refractivity contribution in [2.24, 2.45) is 0 Å². The highest BCUT2D eigenvalue weighted by molar-refractivity contribution is 7.92. The van der Waals surface area contributed by atoms with Crippen molar-refractivity contribution in [2.75, 3.05) is 43.8 Å². The number of hydrogen-bond acceptors (Lipinski definition) is 7. The summed E-state index contributed by atoms with van der Waals surface area (Å²) >= 11 is 12.4. The van der Waals surface area contributed by atoms with Crippen molar-refractivity contribution in [3.8, 4) is 11.6 Å². The van der Waals surface area contributed by atoms with E-state index in [9.17, 15) is 8.42 Å². The molecule has 0 aliphatic carbocycles. The Balaban J connectivity index is 1.57. The Morgan fingerprint density at radius 1 is 1.11 bits per heavy atom. The van der Waals surface area contributed by atoms with Gasteiger partial charge in [-0.1, -0.05) is 35.3 Å². The molecule has 3 aromatic rings. The van der Waals surface area contributed by atoms with Gasteiger partial charge in [0.2, 0.25) is 5.88 Å². The lowest BCUT2D eigenvalue weighted by Crippen LogP contribution is -2.19. The number of anilines is 2. The summed E-state index contributed by atoms with van der Waals surface area (Å²) in [5.41, 5.74) is 2.43. The number of benzene rings is 2. The first-order valence-corrected chi connectivity index (χ1v) is 13.6. The van der Waals surface area contributed by atoms with Crippen LogP contribution in [0.5, 0.6) is 11.6 Å². The fourth-order valence-electron chi connectivity index (χ4n) is 3.70. The van der Waals surface area contributed by atoms with Gasteiger partial charge in [-0.15, -0.1) is 0 Å². The van der Waals surface area contributed by atoms with Crippen LogP contribution in [0.1, 0.15) is 16.7 Å². The zero-order valence-corrected chi connectivity index (χ0v) is 22.6. The molecule has 0 unspecified atom stereocenters. The van der Waals surface area contributed by atoms with Crippen LogP contribution in [0.25, 0.3) is 0 Å². The van der Waals surface area contributed by atoms with Crippen molar-refractivity contribution in [3.05, 3.63) is 69.2 Å². The molecular formula is C25H28Cl2N4O4S. The monoisotopic (exact) mass is 550 g/mol. The Bertz CT molecular complexity index is 1370. The molecule has 4 rings (SSSR count). The summed E-state index contributed by atoms with van der Waals surface area (Å²) in [6.45, 7) is 3.76. The Labute approximate surface area is 221 Å². The van der Waals surface area contributed by atoms with Crippen LogP contribution in [0.4, 0.5) is 11.5 Å². The van der Waals surface area contributed by atoms with Crippen LogP contribution in [-0.4, -0.2) is 52.1 Å². The average molecular weight is 551 g/mol. The molecule has 1 aliphatic rings. The van der Waals surface area contributed by atoms with E-state index in [4.69, 9.17) is 32.7 Å². The third-order valence-corrected chi connectivity index (χ3v) is 7.90. The van der Waals surface area contributed by atoms with Crippen LogP contribution < -0.4 is 19.5 Å². The van der Waals surface area contributed by atoms with E-state index < -0.39 is 10.0 Å². The first kappa shape index (κ1) is 26.3. The van der Waals surface area contributed by atoms with Gasteiger partial charge in [0.15, 0.2) is 0 Å². The molecule has 36 heavy (non-hydrogen) atoms. The molecule has 192 valence electrons. The number of sulfonamides is 1. The quantitative estimate of drug-likeness (QED) is 0.367. The fraction of sp³-hybridized carbons (Fsp3) is 0.320. The number of hydrogen-bond donors (Lipinski definition) is 2. The highest BCUT2D eigenvalue weighted by Crippen LogP contribution is 2.34. The topological polar surface area (TPSA) is 92.8 Å². The minimum Gasteiger partial charge on any atom is -0.491 e. The van der Waals surface area contributed by atoms with E-state index in [-0.39, 0.29) is 23.1 Å². The lowest BCUT2D eigenvalue weighted by molar-refractivity contribution is 0.260. The number of ether oxygens (including phenoxy) is 2. The van der Waals surface area contributed by atoms with Gasteiger partial charge in [-0.2, -0.15) is 4.98 Å². The molecule has 11 heteroatoms. The van der Waals surface area contributed by atoms with E-state index >= 15 is 0 Å². The molecule has 0 saturated carbocycles. The van der Waals surface area contributed by atoms with E-state index in [1.807, 2.05) is 31.1 Å². The van der Waals surface area contributed by atoms with Gasteiger partial charge in [0.05, 0.1) is 9.92 Å². The first-order chi connectivity index (χ1) is 17.1. The average Bonchev–Trinajstić information content (AvgIpc) is 3.27. The van der Waals surface area contributed by atoms with Crippen LogP contribution in [0.15, 0.2) is 47.4 Å². The largest absolute Gasteiger partial charge is 0.491 e. The lowest BCUT2D eigenvalue weighted by atomic mass is 10.2. The van der Waals surface area contributed by atoms with Gasteiger partial charge >= 0.3 is 0 Å². The maximum absolute atomic E-state index is 13.2. The lowest BCUT2D eigenvalue weighted by Gasteiger charge is -2.16. The van der Waals surface area contributed by atoms with Crippen LogP contribution in [0, 0.1) is 6.92 Å². The van der Waals surface area contributed by atoms with E-state index in [2.05, 4.69) is 15.0 Å². The molecule has 0 saturated heterocycles. The number of rotatable bonds is 10. The van der Waals surface area contributed by atoms with Crippen molar-refractivity contribution >= 4 is 44.7 Å². The second-order valence-electron chi connectivity index (χ2n) is 8.70. The van der Waals surface area contributed by atoms with E-state index in [0.717, 1.165) is 30.6 Å². The smallest absolute Gasteiger partial charge is 0.262 e. The van der Waals surface area contributed by atoms with Crippen LogP contribution in [-0.2, 0) is 23.1 Å². The second-order valence-corrected chi connectivity index (χ2v) is 11.2. The third kappa shape index (κ3) is 6.15. The van der Waals surface area contributed by atoms with Crippen LogP contribution >= 0.6 is 23.2 Å². The first-order valence-electron chi connectivity index (χ1n) is 11.4. The number of aromatic nitrogens is 1. The molecule has 0 atom stereocenters. The highest BCUT2D eigenvalue weighted by atomic mass is 35.5. The van der Waals surface area contributed by atoms with Gasteiger partial charge in [-0.25, -0.2) is 8.42 Å². The number of nitrogens with one attached hydrogen (secondary N) is 2. The van der Waals surface area contributed by atoms with Gasteiger partial charge in [0.1, 0.15) is 30.5 Å². The summed E-state index contributed by atoms with van der Waals surface area (Å²) in [7, 11) is -0.00435. The van der Waals surface area contributed by atoms with E-state index in [1.54, 1.807) is 31.2 Å². The molecular weight excluding hydrogens is 523 g/mol. The molecule has 0 bridgehead atoms. The van der Waals surface area contributed by atoms with Crippen molar-refractivity contribution in [3.63, 3.8) is 0 Å². The van der Waals surface area contributed by atoms with E-state index in [0.29, 0.717) is 33.8 Å². The fourth-order valence-corrected chi connectivity index (χ4v) is 5.42. The summed E-state index contributed by atoms with van der Waals surface area (Å²) < 4.78 is 40.9.